The molecule has 124 valence electrons. The normalized spacial score (nSPS) is 24.0. The highest BCUT2D eigenvalue weighted by molar-refractivity contribution is 5.68. The second-order valence-corrected chi connectivity index (χ2v) is 7.31. The number of carbonyl (C=O) groups is 1. The Bertz CT molecular complexity index is 328. The Hall–Kier alpha value is -0.810. The van der Waals surface area contributed by atoms with E-state index in [1.54, 1.807) is 0 Å². The van der Waals surface area contributed by atoms with Crippen molar-refractivity contribution in [1.82, 2.24) is 10.2 Å². The fourth-order valence-electron chi connectivity index (χ4n) is 2.88. The quantitative estimate of drug-likeness (QED) is 0.836. The zero-order valence-corrected chi connectivity index (χ0v) is 14.3. The molecule has 5 nitrogen and oxygen atoms in total. The van der Waals surface area contributed by atoms with Crippen molar-refractivity contribution in [3.8, 4) is 0 Å². The molecular weight excluding hydrogens is 266 g/mol. The van der Waals surface area contributed by atoms with E-state index in [9.17, 15) is 4.79 Å². The molecular formula is C16H33N3O2. The van der Waals surface area contributed by atoms with Crippen LogP contribution in [0.4, 0.5) is 4.79 Å². The minimum atomic E-state index is -0.472. The van der Waals surface area contributed by atoms with Crippen molar-refractivity contribution in [2.24, 2.45) is 11.7 Å². The molecule has 5 heteroatoms. The number of carbonyl (C=O) groups excluding carboxylic acids is 1. The molecule has 0 bridgehead atoms. The van der Waals surface area contributed by atoms with E-state index in [0.29, 0.717) is 6.54 Å². The van der Waals surface area contributed by atoms with E-state index < -0.39 is 5.60 Å². The highest BCUT2D eigenvalue weighted by Crippen LogP contribution is 2.19. The number of hydrogen-bond donors (Lipinski definition) is 2. The van der Waals surface area contributed by atoms with Crippen molar-refractivity contribution in [3.05, 3.63) is 0 Å². The predicted molar refractivity (Wildman–Crippen MR) is 86.3 cm³/mol. The maximum Gasteiger partial charge on any atom is 0.407 e. The first-order valence-electron chi connectivity index (χ1n) is 8.16. The summed E-state index contributed by atoms with van der Waals surface area (Å²) in [6.45, 7) is 12.6. The summed E-state index contributed by atoms with van der Waals surface area (Å²) in [6, 6.07) is 0.154. The average molecular weight is 299 g/mol. The van der Waals surface area contributed by atoms with Crippen LogP contribution in [0.25, 0.3) is 0 Å². The summed E-state index contributed by atoms with van der Waals surface area (Å²) < 4.78 is 5.32. The molecule has 1 rings (SSSR count). The van der Waals surface area contributed by atoms with Gasteiger partial charge >= 0.3 is 6.09 Å². The number of ether oxygens (including phenoxy) is 1. The molecule has 1 amide bonds. The first kappa shape index (κ1) is 18.2. The first-order chi connectivity index (χ1) is 9.73. The molecule has 1 aliphatic heterocycles. The molecule has 0 aromatic carbocycles. The molecule has 1 heterocycles. The molecule has 0 aromatic rings. The lowest BCUT2D eigenvalue weighted by molar-refractivity contribution is 0.0470. The van der Waals surface area contributed by atoms with E-state index in [0.717, 1.165) is 19.0 Å². The number of amides is 1. The van der Waals surface area contributed by atoms with Crippen LogP contribution in [0.1, 0.15) is 53.9 Å². The van der Waals surface area contributed by atoms with Gasteiger partial charge in [-0.1, -0.05) is 6.92 Å². The summed E-state index contributed by atoms with van der Waals surface area (Å²) in [5.41, 5.74) is 5.49. The number of likely N-dealkylation sites (tertiary alicyclic amines) is 1. The second-order valence-electron chi connectivity index (χ2n) is 7.31. The zero-order chi connectivity index (χ0) is 16.0. The Kier molecular flexibility index (Phi) is 6.94. The predicted octanol–water partition coefficient (Wildman–Crippen LogP) is 2.35. The molecule has 0 radical (unpaired) electrons. The lowest BCUT2D eigenvalue weighted by Gasteiger charge is -2.34. The van der Waals surface area contributed by atoms with Gasteiger partial charge in [0.05, 0.1) is 0 Å². The van der Waals surface area contributed by atoms with E-state index in [1.807, 2.05) is 27.7 Å². The Morgan fingerprint density at radius 1 is 1.38 bits per heavy atom. The molecule has 0 aliphatic carbocycles. The minimum absolute atomic E-state index is 0.0155. The lowest BCUT2D eigenvalue weighted by atomic mass is 10.0. The third kappa shape index (κ3) is 6.66. The Balaban J connectivity index is 2.55. The standard InChI is InChI=1S/C16H33N3O2/c1-12-7-6-9-19(10-8-12)14(11-17)13(2)18-15(20)21-16(3,4)5/h12-14H,6-11,17H2,1-5H3,(H,18,20). The second kappa shape index (κ2) is 7.99. The van der Waals surface area contributed by atoms with Crippen LogP contribution >= 0.6 is 0 Å². The summed E-state index contributed by atoms with van der Waals surface area (Å²) in [4.78, 5) is 14.3. The zero-order valence-electron chi connectivity index (χ0n) is 14.3. The van der Waals surface area contributed by atoms with Gasteiger partial charge in [0.1, 0.15) is 5.60 Å². The minimum Gasteiger partial charge on any atom is -0.444 e. The van der Waals surface area contributed by atoms with Crippen molar-refractivity contribution in [2.75, 3.05) is 19.6 Å². The maximum atomic E-state index is 11.9. The van der Waals surface area contributed by atoms with Gasteiger partial charge in [-0.2, -0.15) is 0 Å². The van der Waals surface area contributed by atoms with Crippen LogP contribution < -0.4 is 11.1 Å². The van der Waals surface area contributed by atoms with E-state index >= 15 is 0 Å². The van der Waals surface area contributed by atoms with E-state index in [2.05, 4.69) is 17.1 Å². The van der Waals surface area contributed by atoms with Crippen molar-refractivity contribution in [2.45, 2.75) is 71.6 Å². The van der Waals surface area contributed by atoms with E-state index in [-0.39, 0.29) is 18.2 Å². The smallest absolute Gasteiger partial charge is 0.407 e. The lowest BCUT2D eigenvalue weighted by Crippen LogP contribution is -2.54. The summed E-state index contributed by atoms with van der Waals surface area (Å²) in [5.74, 6) is 0.780. The number of rotatable bonds is 4. The highest BCUT2D eigenvalue weighted by atomic mass is 16.6. The summed E-state index contributed by atoms with van der Waals surface area (Å²) in [5, 5.41) is 2.93. The van der Waals surface area contributed by atoms with Crippen LogP contribution in [0.3, 0.4) is 0 Å². The fourth-order valence-corrected chi connectivity index (χ4v) is 2.88. The van der Waals surface area contributed by atoms with Gasteiger partial charge in [0.25, 0.3) is 0 Å². The largest absolute Gasteiger partial charge is 0.444 e. The first-order valence-corrected chi connectivity index (χ1v) is 8.16. The molecule has 1 fully saturated rings. The third-order valence-electron chi connectivity index (χ3n) is 4.08. The molecule has 3 N–H and O–H groups in total. The molecule has 1 aliphatic rings. The SMILES string of the molecule is CC1CCCN(C(CN)C(C)NC(=O)OC(C)(C)C)CC1. The topological polar surface area (TPSA) is 67.6 Å². The van der Waals surface area contributed by atoms with Gasteiger partial charge in [-0.3, -0.25) is 4.90 Å². The molecule has 0 aromatic heterocycles. The van der Waals surface area contributed by atoms with Gasteiger partial charge in [-0.25, -0.2) is 4.79 Å². The summed E-state index contributed by atoms with van der Waals surface area (Å²) in [7, 11) is 0. The number of hydrogen-bond acceptors (Lipinski definition) is 4. The molecule has 1 saturated heterocycles. The molecule has 0 spiro atoms. The van der Waals surface area contributed by atoms with Gasteiger partial charge < -0.3 is 15.8 Å². The Morgan fingerprint density at radius 3 is 2.62 bits per heavy atom. The average Bonchev–Trinajstić information content (AvgIpc) is 2.53. The monoisotopic (exact) mass is 299 g/mol. The van der Waals surface area contributed by atoms with Gasteiger partial charge in [-0.15, -0.1) is 0 Å². The fraction of sp³-hybridized carbons (Fsp3) is 0.938. The van der Waals surface area contributed by atoms with Crippen molar-refractivity contribution >= 4 is 6.09 Å². The third-order valence-corrected chi connectivity index (χ3v) is 4.08. The van der Waals surface area contributed by atoms with Crippen molar-refractivity contribution in [3.63, 3.8) is 0 Å². The number of nitrogens with zero attached hydrogens (tertiary/aromatic N) is 1. The van der Waals surface area contributed by atoms with Gasteiger partial charge in [0.15, 0.2) is 0 Å². The van der Waals surface area contributed by atoms with Crippen LogP contribution in [-0.2, 0) is 4.74 Å². The van der Waals surface area contributed by atoms with Gasteiger partial charge in [-0.05, 0) is 66.0 Å². The van der Waals surface area contributed by atoms with E-state index in [4.69, 9.17) is 10.5 Å². The van der Waals surface area contributed by atoms with Crippen LogP contribution in [0.2, 0.25) is 0 Å². The molecule has 3 unspecified atom stereocenters. The Morgan fingerprint density at radius 2 is 2.05 bits per heavy atom. The van der Waals surface area contributed by atoms with Crippen LogP contribution in [0, 0.1) is 5.92 Å². The van der Waals surface area contributed by atoms with Crippen molar-refractivity contribution in [1.29, 1.82) is 0 Å². The van der Waals surface area contributed by atoms with Gasteiger partial charge in [0.2, 0.25) is 0 Å². The molecule has 3 atom stereocenters. The number of nitrogens with one attached hydrogen (secondary N) is 1. The highest BCUT2D eigenvalue weighted by Gasteiger charge is 2.27. The summed E-state index contributed by atoms with van der Waals surface area (Å²) >= 11 is 0. The summed E-state index contributed by atoms with van der Waals surface area (Å²) in [6.07, 6.45) is 3.32. The van der Waals surface area contributed by atoms with Crippen LogP contribution in [0.15, 0.2) is 0 Å². The Labute approximate surface area is 129 Å². The van der Waals surface area contributed by atoms with E-state index in [1.165, 1.54) is 19.3 Å². The molecule has 0 saturated carbocycles. The number of alkyl carbamates (subject to hydrolysis) is 1. The van der Waals surface area contributed by atoms with Crippen molar-refractivity contribution < 1.29 is 9.53 Å². The molecule has 21 heavy (non-hydrogen) atoms. The number of nitrogens with two attached hydrogens (primary N) is 1. The van der Waals surface area contributed by atoms with Crippen LogP contribution in [-0.4, -0.2) is 48.3 Å². The van der Waals surface area contributed by atoms with Gasteiger partial charge in [0, 0.05) is 18.6 Å². The van der Waals surface area contributed by atoms with Crippen LogP contribution in [0.5, 0.6) is 0 Å². The maximum absolute atomic E-state index is 11.9.